The Kier molecular flexibility index (Phi) is 4.03. The molecule has 2 aromatic heterocycles. The summed E-state index contributed by atoms with van der Waals surface area (Å²) in [6.07, 6.45) is 4.78. The van der Waals surface area contributed by atoms with Gasteiger partial charge in [0.25, 0.3) is 0 Å². The molecular formula is C22H23N3O. The lowest BCUT2D eigenvalue weighted by Crippen LogP contribution is -2.40. The fourth-order valence-corrected chi connectivity index (χ4v) is 3.58. The van der Waals surface area contributed by atoms with Gasteiger partial charge in [0, 0.05) is 40.7 Å². The SMILES string of the molecule is CC(C)(C(=O)NCCc1c[nH]c2ccccc12)c1c[nH]c2ccccc12. The van der Waals surface area contributed by atoms with Crippen molar-refractivity contribution in [2.75, 3.05) is 6.54 Å². The Balaban J connectivity index is 1.47. The minimum Gasteiger partial charge on any atom is -0.361 e. The molecule has 4 aromatic rings. The molecule has 4 nitrogen and oxygen atoms in total. The standard InChI is InChI=1S/C22H23N3O/c1-22(2,18-14-25-20-10-6-4-8-17(18)20)21(26)23-12-11-15-13-24-19-9-5-3-7-16(15)19/h3-10,13-14,24-25H,11-12H2,1-2H3,(H,23,26). The van der Waals surface area contributed by atoms with E-state index in [0.29, 0.717) is 6.54 Å². The van der Waals surface area contributed by atoms with Crippen LogP contribution in [-0.4, -0.2) is 22.4 Å². The Labute approximate surface area is 152 Å². The van der Waals surface area contributed by atoms with Crippen molar-refractivity contribution in [3.63, 3.8) is 0 Å². The summed E-state index contributed by atoms with van der Waals surface area (Å²) >= 11 is 0. The lowest BCUT2D eigenvalue weighted by molar-refractivity contribution is -0.125. The highest BCUT2D eigenvalue weighted by Crippen LogP contribution is 2.30. The number of hydrogen-bond acceptors (Lipinski definition) is 1. The van der Waals surface area contributed by atoms with Crippen molar-refractivity contribution >= 4 is 27.7 Å². The molecule has 0 spiro atoms. The summed E-state index contributed by atoms with van der Waals surface area (Å²) in [5.41, 5.74) is 3.85. The zero-order valence-electron chi connectivity index (χ0n) is 15.1. The van der Waals surface area contributed by atoms with Gasteiger partial charge >= 0.3 is 0 Å². The number of nitrogens with one attached hydrogen (secondary N) is 3. The van der Waals surface area contributed by atoms with Crippen molar-refractivity contribution in [3.8, 4) is 0 Å². The number of carbonyl (C=O) groups is 1. The van der Waals surface area contributed by atoms with E-state index in [-0.39, 0.29) is 5.91 Å². The zero-order valence-corrected chi connectivity index (χ0v) is 15.1. The molecule has 0 aliphatic heterocycles. The summed E-state index contributed by atoms with van der Waals surface area (Å²) in [7, 11) is 0. The summed E-state index contributed by atoms with van der Waals surface area (Å²) in [6.45, 7) is 4.57. The van der Waals surface area contributed by atoms with Gasteiger partial charge in [0.05, 0.1) is 5.41 Å². The molecule has 1 amide bonds. The molecule has 132 valence electrons. The minimum atomic E-state index is -0.597. The highest BCUT2D eigenvalue weighted by atomic mass is 16.2. The van der Waals surface area contributed by atoms with Crippen molar-refractivity contribution in [3.05, 3.63) is 72.1 Å². The summed E-state index contributed by atoms with van der Waals surface area (Å²) in [6, 6.07) is 16.3. The molecule has 0 aliphatic rings. The molecule has 0 bridgehead atoms. The number of aromatic nitrogens is 2. The number of aromatic amines is 2. The lowest BCUT2D eigenvalue weighted by Gasteiger charge is -2.23. The maximum atomic E-state index is 12.9. The topological polar surface area (TPSA) is 60.7 Å². The van der Waals surface area contributed by atoms with Crippen LogP contribution in [0.2, 0.25) is 0 Å². The smallest absolute Gasteiger partial charge is 0.230 e. The predicted molar refractivity (Wildman–Crippen MR) is 106 cm³/mol. The van der Waals surface area contributed by atoms with E-state index in [2.05, 4.69) is 33.5 Å². The molecule has 0 saturated heterocycles. The third-order valence-corrected chi connectivity index (χ3v) is 5.19. The maximum absolute atomic E-state index is 12.9. The van der Waals surface area contributed by atoms with Crippen LogP contribution in [0, 0.1) is 0 Å². The lowest BCUT2D eigenvalue weighted by atomic mass is 9.83. The number of para-hydroxylation sites is 2. The van der Waals surface area contributed by atoms with Crippen LogP contribution < -0.4 is 5.32 Å². The van der Waals surface area contributed by atoms with Crippen molar-refractivity contribution in [2.45, 2.75) is 25.7 Å². The van der Waals surface area contributed by atoms with E-state index in [1.165, 1.54) is 10.9 Å². The molecule has 2 aromatic carbocycles. The van der Waals surface area contributed by atoms with Crippen LogP contribution in [0.25, 0.3) is 21.8 Å². The van der Waals surface area contributed by atoms with Gasteiger partial charge in [-0.15, -0.1) is 0 Å². The predicted octanol–water partition coefficient (Wildman–Crippen LogP) is 4.29. The first-order valence-corrected chi connectivity index (χ1v) is 8.97. The average Bonchev–Trinajstić information content (AvgIpc) is 3.26. The molecule has 0 atom stereocenters. The number of H-pyrrole nitrogens is 2. The quantitative estimate of drug-likeness (QED) is 0.496. The van der Waals surface area contributed by atoms with Crippen LogP contribution in [0.1, 0.15) is 25.0 Å². The number of rotatable bonds is 5. The van der Waals surface area contributed by atoms with Gasteiger partial charge in [-0.1, -0.05) is 36.4 Å². The number of amides is 1. The molecular weight excluding hydrogens is 322 g/mol. The van der Waals surface area contributed by atoms with E-state index >= 15 is 0 Å². The van der Waals surface area contributed by atoms with Crippen molar-refractivity contribution in [1.29, 1.82) is 0 Å². The van der Waals surface area contributed by atoms with E-state index in [1.54, 1.807) is 0 Å². The van der Waals surface area contributed by atoms with Crippen LogP contribution >= 0.6 is 0 Å². The summed E-state index contributed by atoms with van der Waals surface area (Å²) in [5.74, 6) is 0.0436. The first-order valence-electron chi connectivity index (χ1n) is 8.97. The second-order valence-corrected chi connectivity index (χ2v) is 7.24. The van der Waals surface area contributed by atoms with E-state index in [1.807, 2.05) is 56.6 Å². The molecule has 0 unspecified atom stereocenters. The second kappa shape index (κ2) is 6.37. The monoisotopic (exact) mass is 345 g/mol. The van der Waals surface area contributed by atoms with E-state index in [4.69, 9.17) is 0 Å². The largest absolute Gasteiger partial charge is 0.361 e. The van der Waals surface area contributed by atoms with E-state index in [0.717, 1.165) is 28.4 Å². The number of hydrogen-bond donors (Lipinski definition) is 3. The Bertz CT molecular complexity index is 1070. The van der Waals surface area contributed by atoms with Gasteiger partial charge in [-0.3, -0.25) is 4.79 Å². The molecule has 3 N–H and O–H groups in total. The highest BCUT2D eigenvalue weighted by Gasteiger charge is 2.31. The molecule has 2 heterocycles. The second-order valence-electron chi connectivity index (χ2n) is 7.24. The maximum Gasteiger partial charge on any atom is 0.230 e. The number of fused-ring (bicyclic) bond motifs is 2. The third-order valence-electron chi connectivity index (χ3n) is 5.19. The van der Waals surface area contributed by atoms with E-state index < -0.39 is 5.41 Å². The average molecular weight is 345 g/mol. The van der Waals surface area contributed by atoms with Crippen molar-refractivity contribution in [1.82, 2.24) is 15.3 Å². The Hall–Kier alpha value is -3.01. The van der Waals surface area contributed by atoms with Gasteiger partial charge in [0.2, 0.25) is 5.91 Å². The molecule has 0 saturated carbocycles. The first kappa shape index (κ1) is 16.5. The third kappa shape index (κ3) is 2.77. The number of benzene rings is 2. The van der Waals surface area contributed by atoms with Gasteiger partial charge in [0.1, 0.15) is 0 Å². The summed E-state index contributed by atoms with van der Waals surface area (Å²) in [4.78, 5) is 19.4. The Morgan fingerprint density at radius 1 is 0.923 bits per heavy atom. The summed E-state index contributed by atoms with van der Waals surface area (Å²) < 4.78 is 0. The number of carbonyl (C=O) groups excluding carboxylic acids is 1. The molecule has 0 radical (unpaired) electrons. The zero-order chi connectivity index (χ0) is 18.1. The van der Waals surface area contributed by atoms with Crippen LogP contribution in [0.15, 0.2) is 60.9 Å². The van der Waals surface area contributed by atoms with E-state index in [9.17, 15) is 4.79 Å². The molecule has 4 heteroatoms. The highest BCUT2D eigenvalue weighted by molar-refractivity contribution is 5.94. The van der Waals surface area contributed by atoms with Crippen LogP contribution in [-0.2, 0) is 16.6 Å². The normalized spacial score (nSPS) is 11.9. The van der Waals surface area contributed by atoms with Gasteiger partial charge in [-0.2, -0.15) is 0 Å². The summed E-state index contributed by atoms with van der Waals surface area (Å²) in [5, 5.41) is 5.43. The Morgan fingerprint density at radius 3 is 2.31 bits per heavy atom. The van der Waals surface area contributed by atoms with Crippen LogP contribution in [0.4, 0.5) is 0 Å². The van der Waals surface area contributed by atoms with Crippen molar-refractivity contribution < 1.29 is 4.79 Å². The van der Waals surface area contributed by atoms with Gasteiger partial charge in [0.15, 0.2) is 0 Å². The molecule has 4 rings (SSSR count). The van der Waals surface area contributed by atoms with Gasteiger partial charge < -0.3 is 15.3 Å². The van der Waals surface area contributed by atoms with Gasteiger partial charge in [-0.05, 0) is 43.5 Å². The van der Waals surface area contributed by atoms with Crippen LogP contribution in [0.5, 0.6) is 0 Å². The minimum absolute atomic E-state index is 0.0436. The Morgan fingerprint density at radius 2 is 1.54 bits per heavy atom. The fourth-order valence-electron chi connectivity index (χ4n) is 3.58. The van der Waals surface area contributed by atoms with Crippen molar-refractivity contribution in [2.24, 2.45) is 0 Å². The molecule has 0 aliphatic carbocycles. The first-order chi connectivity index (χ1) is 12.6. The molecule has 0 fully saturated rings. The van der Waals surface area contributed by atoms with Crippen LogP contribution in [0.3, 0.4) is 0 Å². The molecule has 26 heavy (non-hydrogen) atoms. The van der Waals surface area contributed by atoms with Gasteiger partial charge in [-0.25, -0.2) is 0 Å². The fraction of sp³-hybridized carbons (Fsp3) is 0.227.